The van der Waals surface area contributed by atoms with E-state index in [1.807, 2.05) is 12.0 Å². The molecule has 12 nitrogen and oxygen atoms in total. The van der Waals surface area contributed by atoms with Crippen LogP contribution in [-0.4, -0.2) is 79.1 Å². The summed E-state index contributed by atoms with van der Waals surface area (Å²) in [5, 5.41) is 12.4. The molecule has 0 bridgehead atoms. The number of hydrogen-bond donors (Lipinski definition) is 1. The van der Waals surface area contributed by atoms with E-state index in [1.54, 1.807) is 18.1 Å². The van der Waals surface area contributed by atoms with Gasteiger partial charge in [0.1, 0.15) is 23.4 Å². The molecule has 1 unspecified atom stereocenters. The number of nitriles is 1. The van der Waals surface area contributed by atoms with Gasteiger partial charge in [0.15, 0.2) is 12.2 Å². The van der Waals surface area contributed by atoms with Gasteiger partial charge >= 0.3 is 6.03 Å². The smallest absolute Gasteiger partial charge is 0.328 e. The van der Waals surface area contributed by atoms with Crippen LogP contribution >= 0.6 is 0 Å². The Morgan fingerprint density at radius 3 is 2.92 bits per heavy atom. The van der Waals surface area contributed by atoms with Crippen molar-refractivity contribution in [3.8, 4) is 6.07 Å². The van der Waals surface area contributed by atoms with Crippen LogP contribution in [0.5, 0.6) is 0 Å². The van der Waals surface area contributed by atoms with Crippen molar-refractivity contribution < 1.29 is 23.9 Å². The van der Waals surface area contributed by atoms with E-state index in [-0.39, 0.29) is 24.2 Å². The van der Waals surface area contributed by atoms with Gasteiger partial charge in [0, 0.05) is 57.7 Å². The number of carbonyl (C=O) groups is 2. The second-order valence-electron chi connectivity index (χ2n) is 9.64. The quantitative estimate of drug-likeness (QED) is 0.436. The lowest BCUT2D eigenvalue weighted by molar-refractivity contribution is 0.0640. The molecule has 2 saturated heterocycles. The molecule has 5 heterocycles. The molecule has 202 valence electrons. The van der Waals surface area contributed by atoms with Crippen LogP contribution in [0, 0.1) is 11.3 Å². The minimum Gasteiger partial charge on any atom is -0.471 e. The molecule has 0 aliphatic carbocycles. The Hall–Kier alpha value is -4.46. The number of carbonyl (C=O) groups excluding carboxylic acids is 3. The van der Waals surface area contributed by atoms with Gasteiger partial charge in [0.05, 0.1) is 24.0 Å². The summed E-state index contributed by atoms with van der Waals surface area (Å²) in [6.45, 7) is 3.15. The van der Waals surface area contributed by atoms with E-state index in [0.717, 1.165) is 24.9 Å². The van der Waals surface area contributed by atoms with Crippen molar-refractivity contribution in [3.05, 3.63) is 46.6 Å². The fraction of sp³-hybridized carbons (Fsp3) is 0.444. The normalized spacial score (nSPS) is 18.6. The number of pyridine rings is 2. The lowest BCUT2D eigenvalue weighted by Gasteiger charge is -2.31. The number of nitrogens with one attached hydrogen (secondary N) is 1. The van der Waals surface area contributed by atoms with Gasteiger partial charge in [-0.15, -0.1) is 0 Å². The summed E-state index contributed by atoms with van der Waals surface area (Å²) < 4.78 is 10.8. The van der Waals surface area contributed by atoms with E-state index >= 15 is 0 Å². The third-order valence-electron chi connectivity index (χ3n) is 7.23. The summed E-state index contributed by atoms with van der Waals surface area (Å²) in [6.07, 6.45) is 5.21. The van der Waals surface area contributed by atoms with Crippen LogP contribution in [0.4, 0.5) is 22.1 Å². The molecule has 2 fully saturated rings. The number of ether oxygens (including phenoxy) is 2. The van der Waals surface area contributed by atoms with Crippen LogP contribution in [0.1, 0.15) is 46.4 Å². The summed E-state index contributed by atoms with van der Waals surface area (Å²) in [5.41, 5.74) is 2.80. The number of nitrogens with zero attached hydrogens (tertiary/aromatic N) is 6. The predicted octanol–water partition coefficient (Wildman–Crippen LogP) is 2.27. The first-order valence-electron chi connectivity index (χ1n) is 12.9. The highest BCUT2D eigenvalue weighted by Crippen LogP contribution is 2.30. The van der Waals surface area contributed by atoms with Crippen LogP contribution in [0.2, 0.25) is 0 Å². The molecule has 2 aromatic rings. The third kappa shape index (κ3) is 5.41. The molecular weight excluding hydrogens is 502 g/mol. The SMILES string of the molecule is COC1CCN(c2cc(NC(=O)N3CCCc4cc(CN5CCCOC5=C=O)c(C=O)nc43)ncc2C#N)C1. The van der Waals surface area contributed by atoms with Gasteiger partial charge in [0.25, 0.3) is 5.88 Å². The summed E-state index contributed by atoms with van der Waals surface area (Å²) in [7, 11) is 1.67. The van der Waals surface area contributed by atoms with Gasteiger partial charge < -0.3 is 19.3 Å². The largest absolute Gasteiger partial charge is 0.471 e. The topological polar surface area (TPSA) is 141 Å². The predicted molar refractivity (Wildman–Crippen MR) is 141 cm³/mol. The van der Waals surface area contributed by atoms with Gasteiger partial charge in [-0.2, -0.15) is 5.26 Å². The summed E-state index contributed by atoms with van der Waals surface area (Å²) in [5.74, 6) is 2.67. The van der Waals surface area contributed by atoms with Crippen molar-refractivity contribution in [2.45, 2.75) is 38.3 Å². The van der Waals surface area contributed by atoms with Crippen molar-refractivity contribution in [3.63, 3.8) is 0 Å². The lowest BCUT2D eigenvalue weighted by Crippen LogP contribution is -2.40. The Morgan fingerprint density at radius 1 is 1.31 bits per heavy atom. The molecule has 3 aliphatic rings. The Kier molecular flexibility index (Phi) is 7.72. The Labute approximate surface area is 225 Å². The second-order valence-corrected chi connectivity index (χ2v) is 9.64. The third-order valence-corrected chi connectivity index (χ3v) is 7.23. The van der Waals surface area contributed by atoms with Crippen LogP contribution in [0.25, 0.3) is 0 Å². The van der Waals surface area contributed by atoms with Crippen LogP contribution in [0.15, 0.2) is 24.2 Å². The first-order chi connectivity index (χ1) is 19.0. The van der Waals surface area contributed by atoms with Crippen LogP contribution in [-0.2, 0) is 27.2 Å². The number of rotatable bonds is 6. The molecule has 12 heteroatoms. The number of methoxy groups -OCH3 is 1. The standard InChI is InChI=1S/C27H29N7O5/c1-38-21-5-8-32(15-21)23-11-24(29-13-20(23)12-28)31-27(37)34-7-2-4-18-10-19(22(16-35)30-26(18)34)14-33-6-3-9-39-25(33)17-36/h10-11,13,16,21H,2-9,14-15H2,1H3,(H,29,31,37). The maximum absolute atomic E-state index is 13.4. The fourth-order valence-corrected chi connectivity index (χ4v) is 5.23. The van der Waals surface area contributed by atoms with Crippen LogP contribution in [0.3, 0.4) is 0 Å². The van der Waals surface area contributed by atoms with Crippen molar-refractivity contribution in [2.75, 3.05) is 55.0 Å². The van der Waals surface area contributed by atoms with Gasteiger partial charge in [-0.05, 0) is 37.3 Å². The molecule has 2 amide bonds. The van der Waals surface area contributed by atoms with Crippen molar-refractivity contribution >= 4 is 35.6 Å². The molecule has 0 radical (unpaired) electrons. The van der Waals surface area contributed by atoms with E-state index < -0.39 is 6.03 Å². The maximum atomic E-state index is 13.4. The van der Waals surface area contributed by atoms with Crippen molar-refractivity contribution in [2.24, 2.45) is 0 Å². The number of anilines is 3. The fourth-order valence-electron chi connectivity index (χ4n) is 5.23. The number of aromatic nitrogens is 2. The number of amides is 2. The lowest BCUT2D eigenvalue weighted by atomic mass is 10.0. The monoisotopic (exact) mass is 531 g/mol. The Balaban J connectivity index is 1.37. The summed E-state index contributed by atoms with van der Waals surface area (Å²) >= 11 is 0. The average Bonchev–Trinajstić information content (AvgIpc) is 3.46. The van der Waals surface area contributed by atoms with E-state index in [4.69, 9.17) is 9.47 Å². The zero-order chi connectivity index (χ0) is 27.4. The first kappa shape index (κ1) is 26.2. The number of aldehydes is 1. The highest BCUT2D eigenvalue weighted by Gasteiger charge is 2.29. The highest BCUT2D eigenvalue weighted by atomic mass is 16.5. The first-order valence-corrected chi connectivity index (χ1v) is 12.9. The van der Waals surface area contributed by atoms with Gasteiger partial charge in [0.2, 0.25) is 0 Å². The highest BCUT2D eigenvalue weighted by molar-refractivity contribution is 6.02. The number of fused-ring (bicyclic) bond motifs is 1. The minimum absolute atomic E-state index is 0.0825. The Morgan fingerprint density at radius 2 is 2.18 bits per heavy atom. The second kappa shape index (κ2) is 11.5. The summed E-state index contributed by atoms with van der Waals surface area (Å²) in [6, 6.07) is 5.32. The molecule has 0 aromatic carbocycles. The molecule has 5 rings (SSSR count). The van der Waals surface area contributed by atoms with Gasteiger partial charge in [-0.25, -0.2) is 19.6 Å². The molecule has 39 heavy (non-hydrogen) atoms. The number of hydrogen-bond acceptors (Lipinski definition) is 10. The van der Waals surface area contributed by atoms with E-state index in [1.165, 1.54) is 11.1 Å². The summed E-state index contributed by atoms with van der Waals surface area (Å²) in [4.78, 5) is 50.8. The van der Waals surface area contributed by atoms with E-state index in [2.05, 4.69) is 26.3 Å². The molecule has 0 spiro atoms. The van der Waals surface area contributed by atoms with Crippen molar-refractivity contribution in [1.29, 1.82) is 5.26 Å². The molecule has 1 N–H and O–H groups in total. The van der Waals surface area contributed by atoms with Crippen molar-refractivity contribution in [1.82, 2.24) is 14.9 Å². The molecule has 3 aliphatic heterocycles. The minimum atomic E-state index is -0.428. The molecule has 1 atom stereocenters. The molecule has 0 saturated carbocycles. The molecule has 2 aromatic heterocycles. The van der Waals surface area contributed by atoms with E-state index in [0.29, 0.717) is 73.8 Å². The van der Waals surface area contributed by atoms with Crippen LogP contribution < -0.4 is 15.1 Å². The average molecular weight is 532 g/mol. The zero-order valence-corrected chi connectivity index (χ0v) is 21.7. The number of urea groups is 1. The maximum Gasteiger partial charge on any atom is 0.328 e. The molecular formula is C27H29N7O5. The Bertz CT molecular complexity index is 1370. The van der Waals surface area contributed by atoms with Gasteiger partial charge in [-0.1, -0.05) is 0 Å². The zero-order valence-electron chi connectivity index (χ0n) is 21.7. The van der Waals surface area contributed by atoms with Gasteiger partial charge in [-0.3, -0.25) is 15.0 Å². The van der Waals surface area contributed by atoms with E-state index in [9.17, 15) is 19.6 Å². The number of aryl methyl sites for hydroxylation is 1.